The molecule has 1 N–H and O–H groups in total. The summed E-state index contributed by atoms with van der Waals surface area (Å²) in [5.41, 5.74) is 0.609. The second-order valence-electron chi connectivity index (χ2n) is 3.29. The van der Waals surface area contributed by atoms with E-state index in [2.05, 4.69) is 5.32 Å². The van der Waals surface area contributed by atoms with Crippen LogP contribution >= 0.6 is 0 Å². The monoisotopic (exact) mass is 196 g/mol. The average molecular weight is 196 g/mol. The lowest BCUT2D eigenvalue weighted by molar-refractivity contribution is -0.116. The van der Waals surface area contributed by atoms with Crippen molar-refractivity contribution in [2.45, 2.75) is 0 Å². The highest BCUT2D eigenvalue weighted by Gasteiger charge is 2.02. The van der Waals surface area contributed by atoms with Gasteiger partial charge in [0, 0.05) is 5.69 Å². The van der Waals surface area contributed by atoms with E-state index in [1.54, 1.807) is 4.90 Å². The summed E-state index contributed by atoms with van der Waals surface area (Å²) in [7, 11) is 3.62. The first-order valence-corrected chi connectivity index (χ1v) is 4.28. The molecule has 0 heterocycles. The van der Waals surface area contributed by atoms with E-state index >= 15 is 0 Å². The number of anilines is 1. The first-order valence-electron chi connectivity index (χ1n) is 4.28. The van der Waals surface area contributed by atoms with Gasteiger partial charge in [-0.25, -0.2) is 4.39 Å². The van der Waals surface area contributed by atoms with Crippen molar-refractivity contribution in [1.82, 2.24) is 4.90 Å². The quantitative estimate of drug-likeness (QED) is 0.790. The van der Waals surface area contributed by atoms with Crippen LogP contribution in [0.3, 0.4) is 0 Å². The summed E-state index contributed by atoms with van der Waals surface area (Å²) in [6.07, 6.45) is 0. The number of hydrogen-bond acceptors (Lipinski definition) is 2. The van der Waals surface area contributed by atoms with Crippen LogP contribution < -0.4 is 5.32 Å². The van der Waals surface area contributed by atoms with E-state index < -0.39 is 0 Å². The fourth-order valence-corrected chi connectivity index (χ4v) is 1.02. The van der Waals surface area contributed by atoms with Crippen molar-refractivity contribution in [2.24, 2.45) is 0 Å². The Hall–Kier alpha value is -1.42. The first kappa shape index (κ1) is 10.7. The number of rotatable bonds is 3. The Kier molecular flexibility index (Phi) is 3.59. The molecule has 0 aromatic heterocycles. The molecule has 0 unspecified atom stereocenters. The van der Waals surface area contributed by atoms with Gasteiger partial charge in [0.1, 0.15) is 5.82 Å². The fourth-order valence-electron chi connectivity index (χ4n) is 1.02. The van der Waals surface area contributed by atoms with Crippen LogP contribution in [0.15, 0.2) is 24.3 Å². The molecule has 0 saturated heterocycles. The lowest BCUT2D eigenvalue weighted by Gasteiger charge is -2.09. The van der Waals surface area contributed by atoms with Crippen molar-refractivity contribution in [1.29, 1.82) is 0 Å². The Labute approximate surface area is 82.5 Å². The molecule has 0 saturated carbocycles. The number of nitrogens with zero attached hydrogens (tertiary/aromatic N) is 1. The van der Waals surface area contributed by atoms with Crippen LogP contribution in [0.2, 0.25) is 0 Å². The lowest BCUT2D eigenvalue weighted by atomic mass is 10.3. The van der Waals surface area contributed by atoms with Crippen molar-refractivity contribution in [3.63, 3.8) is 0 Å². The molecule has 1 amide bonds. The molecule has 0 bridgehead atoms. The molecule has 0 spiro atoms. The second-order valence-corrected chi connectivity index (χ2v) is 3.29. The second kappa shape index (κ2) is 4.72. The largest absolute Gasteiger partial charge is 0.325 e. The van der Waals surface area contributed by atoms with Gasteiger partial charge >= 0.3 is 0 Å². The summed E-state index contributed by atoms with van der Waals surface area (Å²) >= 11 is 0. The molecule has 0 aliphatic rings. The van der Waals surface area contributed by atoms with Crippen LogP contribution in [0, 0.1) is 5.82 Å². The Balaban J connectivity index is 2.52. The number of carbonyl (C=O) groups is 1. The number of hydrogen-bond donors (Lipinski definition) is 1. The minimum atomic E-state index is -0.310. The van der Waals surface area contributed by atoms with Gasteiger partial charge in [0.2, 0.25) is 5.91 Å². The van der Waals surface area contributed by atoms with E-state index in [9.17, 15) is 9.18 Å². The molecule has 0 atom stereocenters. The highest BCUT2D eigenvalue weighted by Crippen LogP contribution is 2.07. The predicted molar refractivity (Wildman–Crippen MR) is 53.6 cm³/mol. The molecule has 0 radical (unpaired) electrons. The summed E-state index contributed by atoms with van der Waals surface area (Å²) in [6, 6.07) is 5.68. The van der Waals surface area contributed by atoms with Crippen molar-refractivity contribution < 1.29 is 9.18 Å². The summed E-state index contributed by atoms with van der Waals surface area (Å²) in [6.45, 7) is 0.317. The minimum Gasteiger partial charge on any atom is -0.325 e. The molecule has 0 fully saturated rings. The number of likely N-dealkylation sites (N-methyl/N-ethyl adjacent to an activating group) is 1. The molecule has 0 aliphatic heterocycles. The maximum Gasteiger partial charge on any atom is 0.238 e. The lowest BCUT2D eigenvalue weighted by Crippen LogP contribution is -2.27. The Bertz CT molecular complexity index is 308. The molecule has 14 heavy (non-hydrogen) atoms. The minimum absolute atomic E-state index is 0.110. The summed E-state index contributed by atoms with van der Waals surface area (Å²) in [4.78, 5) is 13.0. The molecule has 3 nitrogen and oxygen atoms in total. The van der Waals surface area contributed by atoms with Gasteiger partial charge in [-0.3, -0.25) is 4.79 Å². The number of benzene rings is 1. The van der Waals surface area contributed by atoms with Crippen LogP contribution in [-0.2, 0) is 4.79 Å². The third kappa shape index (κ3) is 3.53. The van der Waals surface area contributed by atoms with Gasteiger partial charge in [-0.1, -0.05) is 0 Å². The zero-order valence-corrected chi connectivity index (χ0v) is 8.25. The molecule has 1 rings (SSSR count). The zero-order chi connectivity index (χ0) is 10.6. The van der Waals surface area contributed by atoms with Crippen molar-refractivity contribution in [2.75, 3.05) is 26.0 Å². The highest BCUT2D eigenvalue weighted by atomic mass is 19.1. The van der Waals surface area contributed by atoms with Crippen molar-refractivity contribution in [3.05, 3.63) is 30.1 Å². The van der Waals surface area contributed by atoms with Gasteiger partial charge in [0.05, 0.1) is 6.54 Å². The first-order chi connectivity index (χ1) is 6.58. The molecule has 0 aliphatic carbocycles. The number of carbonyl (C=O) groups excluding carboxylic acids is 1. The third-order valence-electron chi connectivity index (χ3n) is 1.59. The molecular weight excluding hydrogens is 183 g/mol. The SMILES string of the molecule is CN(C)CC(=O)Nc1ccc(F)cc1. The number of nitrogens with one attached hydrogen (secondary N) is 1. The predicted octanol–water partition coefficient (Wildman–Crippen LogP) is 1.33. The van der Waals surface area contributed by atoms with Crippen molar-refractivity contribution >= 4 is 11.6 Å². The van der Waals surface area contributed by atoms with E-state index in [1.807, 2.05) is 14.1 Å². The third-order valence-corrected chi connectivity index (χ3v) is 1.59. The molecule has 76 valence electrons. The zero-order valence-electron chi connectivity index (χ0n) is 8.25. The van der Waals surface area contributed by atoms with Crippen molar-refractivity contribution in [3.8, 4) is 0 Å². The van der Waals surface area contributed by atoms with Crippen LogP contribution in [0.1, 0.15) is 0 Å². The van der Waals surface area contributed by atoms with Crippen LogP contribution in [0.4, 0.5) is 10.1 Å². The Morgan fingerprint density at radius 3 is 2.43 bits per heavy atom. The van der Waals surface area contributed by atoms with Gasteiger partial charge < -0.3 is 10.2 Å². The standard InChI is InChI=1S/C10H13FN2O/c1-13(2)7-10(14)12-9-5-3-8(11)4-6-9/h3-6H,7H2,1-2H3,(H,12,14). The van der Waals surface area contributed by atoms with E-state index in [0.29, 0.717) is 12.2 Å². The van der Waals surface area contributed by atoms with E-state index in [1.165, 1.54) is 24.3 Å². The van der Waals surface area contributed by atoms with E-state index in [4.69, 9.17) is 0 Å². The summed E-state index contributed by atoms with van der Waals surface area (Å²) in [5.74, 6) is -0.419. The van der Waals surface area contributed by atoms with Crippen LogP contribution in [0.5, 0.6) is 0 Å². The maximum atomic E-state index is 12.5. The molecule has 4 heteroatoms. The Morgan fingerprint density at radius 1 is 1.36 bits per heavy atom. The fraction of sp³-hybridized carbons (Fsp3) is 0.300. The van der Waals surface area contributed by atoms with E-state index in [-0.39, 0.29) is 11.7 Å². The van der Waals surface area contributed by atoms with Gasteiger partial charge in [-0.05, 0) is 38.4 Å². The maximum absolute atomic E-state index is 12.5. The topological polar surface area (TPSA) is 32.3 Å². The highest BCUT2D eigenvalue weighted by molar-refractivity contribution is 5.92. The molecular formula is C10H13FN2O. The van der Waals surface area contributed by atoms with E-state index in [0.717, 1.165) is 0 Å². The van der Waals surface area contributed by atoms with Gasteiger partial charge in [-0.15, -0.1) is 0 Å². The number of halogens is 1. The summed E-state index contributed by atoms with van der Waals surface area (Å²) < 4.78 is 12.5. The average Bonchev–Trinajstić information content (AvgIpc) is 2.07. The normalized spacial score (nSPS) is 10.3. The summed E-state index contributed by atoms with van der Waals surface area (Å²) in [5, 5.41) is 2.65. The van der Waals surface area contributed by atoms with Crippen LogP contribution in [-0.4, -0.2) is 31.4 Å². The van der Waals surface area contributed by atoms with Gasteiger partial charge in [-0.2, -0.15) is 0 Å². The van der Waals surface area contributed by atoms with Gasteiger partial charge in [0.15, 0.2) is 0 Å². The van der Waals surface area contributed by atoms with Crippen LogP contribution in [0.25, 0.3) is 0 Å². The number of amides is 1. The van der Waals surface area contributed by atoms with Gasteiger partial charge in [0.25, 0.3) is 0 Å². The molecule has 1 aromatic carbocycles. The smallest absolute Gasteiger partial charge is 0.238 e. The Morgan fingerprint density at radius 2 is 1.93 bits per heavy atom. The molecule has 1 aromatic rings.